The van der Waals surface area contributed by atoms with Gasteiger partial charge in [0.2, 0.25) is 6.29 Å². The number of ether oxygens (including phenoxy) is 3. The summed E-state index contributed by atoms with van der Waals surface area (Å²) >= 11 is 0. The maximum atomic E-state index is 12.4. The van der Waals surface area contributed by atoms with E-state index in [2.05, 4.69) is 19.2 Å². The van der Waals surface area contributed by atoms with E-state index in [1.54, 1.807) is 0 Å². The lowest BCUT2D eigenvalue weighted by Gasteiger charge is -2.26. The van der Waals surface area contributed by atoms with Gasteiger partial charge in [0.25, 0.3) is 0 Å². The zero-order valence-electron chi connectivity index (χ0n) is 23.3. The van der Waals surface area contributed by atoms with Gasteiger partial charge in [0.05, 0.1) is 6.54 Å². The van der Waals surface area contributed by atoms with E-state index in [-0.39, 0.29) is 25.1 Å². The molecule has 0 heterocycles. The second-order valence-electron chi connectivity index (χ2n) is 10.2. The largest absolute Gasteiger partial charge is 0.464 e. The second-order valence-corrected chi connectivity index (χ2v) is 10.2. The molecule has 206 valence electrons. The van der Waals surface area contributed by atoms with Crippen LogP contribution < -0.4 is 5.32 Å². The van der Waals surface area contributed by atoms with E-state index in [1.807, 2.05) is 13.8 Å². The Bertz CT molecular complexity index is 564. The Morgan fingerprint density at radius 2 is 1.20 bits per heavy atom. The van der Waals surface area contributed by atoms with Crippen molar-refractivity contribution in [3.63, 3.8) is 0 Å². The van der Waals surface area contributed by atoms with Gasteiger partial charge in [-0.25, -0.2) is 0 Å². The summed E-state index contributed by atoms with van der Waals surface area (Å²) in [6, 6.07) is 0. The molecule has 35 heavy (non-hydrogen) atoms. The van der Waals surface area contributed by atoms with Gasteiger partial charge < -0.3 is 14.2 Å². The highest BCUT2D eigenvalue weighted by molar-refractivity contribution is 5.73. The van der Waals surface area contributed by atoms with Crippen molar-refractivity contribution in [1.29, 1.82) is 0 Å². The zero-order chi connectivity index (χ0) is 26.4. The van der Waals surface area contributed by atoms with Crippen LogP contribution in [-0.4, -0.2) is 42.9 Å². The molecule has 0 aliphatic carbocycles. The standard InChI is InChI=1S/C28H53NO6/c1-6-8-10-12-13-14-15-17-19-21-27(34-25(31)20-18-16-11-9-7-2)35-26(32)22-29-28(4,5)23-33-24(3)30/h27,29H,6-23H2,1-5H3. The maximum absolute atomic E-state index is 12.4. The smallest absolute Gasteiger partial charge is 0.323 e. The van der Waals surface area contributed by atoms with Crippen molar-refractivity contribution >= 4 is 17.9 Å². The van der Waals surface area contributed by atoms with Gasteiger partial charge in [-0.1, -0.05) is 90.9 Å². The summed E-state index contributed by atoms with van der Waals surface area (Å²) in [7, 11) is 0. The van der Waals surface area contributed by atoms with E-state index in [0.717, 1.165) is 44.9 Å². The Morgan fingerprint density at radius 3 is 1.74 bits per heavy atom. The lowest BCUT2D eigenvalue weighted by atomic mass is 10.1. The van der Waals surface area contributed by atoms with Crippen LogP contribution >= 0.6 is 0 Å². The average molecular weight is 500 g/mol. The molecule has 0 fully saturated rings. The Morgan fingerprint density at radius 1 is 0.714 bits per heavy atom. The topological polar surface area (TPSA) is 90.9 Å². The molecule has 1 N–H and O–H groups in total. The SMILES string of the molecule is CCCCCCCCCCCC(OC(=O)CCCCCCC)OC(=O)CNC(C)(C)COC(C)=O. The summed E-state index contributed by atoms with van der Waals surface area (Å²) in [4.78, 5) is 35.8. The fraction of sp³-hybridized carbons (Fsp3) is 0.893. The van der Waals surface area contributed by atoms with Crippen molar-refractivity contribution in [2.24, 2.45) is 0 Å². The van der Waals surface area contributed by atoms with Gasteiger partial charge >= 0.3 is 17.9 Å². The highest BCUT2D eigenvalue weighted by atomic mass is 16.7. The van der Waals surface area contributed by atoms with E-state index in [9.17, 15) is 14.4 Å². The van der Waals surface area contributed by atoms with Crippen LogP contribution in [0, 0.1) is 0 Å². The van der Waals surface area contributed by atoms with Crippen LogP contribution in [0.15, 0.2) is 0 Å². The summed E-state index contributed by atoms with van der Waals surface area (Å²) in [5.41, 5.74) is -0.577. The summed E-state index contributed by atoms with van der Waals surface area (Å²) in [6.45, 7) is 9.48. The number of esters is 3. The molecular weight excluding hydrogens is 446 g/mol. The fourth-order valence-electron chi connectivity index (χ4n) is 3.67. The third kappa shape index (κ3) is 22.6. The molecule has 7 nitrogen and oxygen atoms in total. The Kier molecular flexibility index (Phi) is 20.6. The molecule has 1 unspecified atom stereocenters. The molecule has 0 aromatic carbocycles. The quantitative estimate of drug-likeness (QED) is 0.0960. The number of hydrogen-bond acceptors (Lipinski definition) is 7. The van der Waals surface area contributed by atoms with E-state index in [4.69, 9.17) is 14.2 Å². The second kappa shape index (κ2) is 21.6. The van der Waals surface area contributed by atoms with E-state index in [0.29, 0.717) is 12.8 Å². The Balaban J connectivity index is 4.48. The Labute approximate surface area is 214 Å². The molecule has 0 amide bonds. The molecule has 7 heteroatoms. The van der Waals surface area contributed by atoms with Gasteiger partial charge in [-0.15, -0.1) is 0 Å². The monoisotopic (exact) mass is 499 g/mol. The minimum Gasteiger partial charge on any atom is -0.464 e. The molecule has 0 radical (unpaired) electrons. The molecule has 1 atom stereocenters. The molecule has 0 saturated heterocycles. The normalized spacial score (nSPS) is 12.3. The lowest BCUT2D eigenvalue weighted by Crippen LogP contribution is -2.47. The van der Waals surface area contributed by atoms with Crippen LogP contribution in [0.1, 0.15) is 137 Å². The minimum absolute atomic E-state index is 0.0584. The first-order valence-electron chi connectivity index (χ1n) is 14.0. The van der Waals surface area contributed by atoms with Crippen molar-refractivity contribution < 1.29 is 28.6 Å². The highest BCUT2D eigenvalue weighted by Crippen LogP contribution is 2.15. The molecule has 0 rings (SSSR count). The zero-order valence-corrected chi connectivity index (χ0v) is 23.3. The molecule has 0 aromatic heterocycles. The van der Waals surface area contributed by atoms with Crippen LogP contribution in [-0.2, 0) is 28.6 Å². The van der Waals surface area contributed by atoms with Crippen LogP contribution in [0.5, 0.6) is 0 Å². The summed E-state index contributed by atoms with van der Waals surface area (Å²) in [5.74, 6) is -1.17. The van der Waals surface area contributed by atoms with Crippen molar-refractivity contribution in [1.82, 2.24) is 5.32 Å². The maximum Gasteiger partial charge on any atom is 0.323 e. The lowest BCUT2D eigenvalue weighted by molar-refractivity contribution is -0.188. The van der Waals surface area contributed by atoms with Crippen molar-refractivity contribution in [2.75, 3.05) is 13.2 Å². The molecule has 0 aliphatic rings. The summed E-state index contributed by atoms with van der Waals surface area (Å²) in [5, 5.41) is 3.04. The third-order valence-corrected chi connectivity index (χ3v) is 5.90. The summed E-state index contributed by atoms with van der Waals surface area (Å²) < 4.78 is 16.1. The van der Waals surface area contributed by atoms with E-state index >= 15 is 0 Å². The van der Waals surface area contributed by atoms with Crippen molar-refractivity contribution in [2.45, 2.75) is 149 Å². The Hall–Kier alpha value is -1.63. The molecule has 0 saturated carbocycles. The third-order valence-electron chi connectivity index (χ3n) is 5.90. The van der Waals surface area contributed by atoms with Crippen LogP contribution in [0.25, 0.3) is 0 Å². The van der Waals surface area contributed by atoms with Gasteiger partial charge in [-0.2, -0.15) is 0 Å². The van der Waals surface area contributed by atoms with Crippen molar-refractivity contribution in [3.8, 4) is 0 Å². The number of carbonyl (C=O) groups excluding carboxylic acids is 3. The van der Waals surface area contributed by atoms with Crippen LogP contribution in [0.2, 0.25) is 0 Å². The van der Waals surface area contributed by atoms with E-state index < -0.39 is 17.8 Å². The predicted octanol–water partition coefficient (Wildman–Crippen LogP) is 6.61. The van der Waals surface area contributed by atoms with E-state index in [1.165, 1.54) is 51.9 Å². The first-order chi connectivity index (χ1) is 16.7. The first-order valence-corrected chi connectivity index (χ1v) is 14.0. The molecule has 0 aliphatic heterocycles. The number of nitrogens with one attached hydrogen (secondary N) is 1. The van der Waals surface area contributed by atoms with Crippen molar-refractivity contribution in [3.05, 3.63) is 0 Å². The predicted molar refractivity (Wildman–Crippen MR) is 140 cm³/mol. The minimum atomic E-state index is -0.853. The highest BCUT2D eigenvalue weighted by Gasteiger charge is 2.23. The molecule has 0 aromatic rings. The van der Waals surface area contributed by atoms with Crippen LogP contribution in [0.3, 0.4) is 0 Å². The van der Waals surface area contributed by atoms with Gasteiger partial charge in [0, 0.05) is 25.3 Å². The fourth-order valence-corrected chi connectivity index (χ4v) is 3.67. The average Bonchev–Trinajstić information content (AvgIpc) is 2.80. The first kappa shape index (κ1) is 33.4. The van der Waals surface area contributed by atoms with Gasteiger partial charge in [-0.3, -0.25) is 19.7 Å². The van der Waals surface area contributed by atoms with Gasteiger partial charge in [0.15, 0.2) is 0 Å². The molecule has 0 bridgehead atoms. The molecule has 0 spiro atoms. The molecular formula is C28H53NO6. The number of rotatable bonds is 23. The summed E-state index contributed by atoms with van der Waals surface area (Å²) in [6.07, 6.45) is 16.0. The number of carbonyl (C=O) groups is 3. The van der Waals surface area contributed by atoms with Gasteiger partial charge in [0.1, 0.15) is 6.61 Å². The van der Waals surface area contributed by atoms with Gasteiger partial charge in [-0.05, 0) is 26.7 Å². The van der Waals surface area contributed by atoms with Crippen LogP contribution in [0.4, 0.5) is 0 Å². The number of unbranched alkanes of at least 4 members (excludes halogenated alkanes) is 12. The number of hydrogen-bond donors (Lipinski definition) is 1.